The zero-order valence-corrected chi connectivity index (χ0v) is 11.0. The molecule has 1 unspecified atom stereocenters. The molecule has 0 aromatic heterocycles. The molecule has 1 rings (SSSR count). The van der Waals surface area contributed by atoms with Crippen molar-refractivity contribution in [2.75, 3.05) is 38.7 Å². The Morgan fingerprint density at radius 2 is 2.27 bits per heavy atom. The average Bonchev–Trinajstić information content (AvgIpc) is 2.27. The Hall–Kier alpha value is 0.220. The van der Waals surface area contributed by atoms with Gasteiger partial charge in [0.25, 0.3) is 0 Å². The Bertz CT molecular complexity index is 274. The summed E-state index contributed by atoms with van der Waals surface area (Å²) in [6.07, 6.45) is 3.74. The van der Waals surface area contributed by atoms with E-state index >= 15 is 0 Å². The molecule has 1 atom stereocenters. The Kier molecular flexibility index (Phi) is 5.38. The van der Waals surface area contributed by atoms with Crippen molar-refractivity contribution < 1.29 is 8.42 Å². The fraction of sp³-hybridized carbons (Fsp3) is 1.00. The van der Waals surface area contributed by atoms with E-state index in [2.05, 4.69) is 5.32 Å². The van der Waals surface area contributed by atoms with Crippen molar-refractivity contribution in [3.8, 4) is 0 Å². The molecule has 0 bridgehead atoms. The molecule has 1 aliphatic heterocycles. The third-order valence-corrected chi connectivity index (χ3v) is 5.60. The summed E-state index contributed by atoms with van der Waals surface area (Å²) in [5.41, 5.74) is 0. The summed E-state index contributed by atoms with van der Waals surface area (Å²) < 4.78 is 25.6. The first-order valence-electron chi connectivity index (χ1n) is 5.24. The molecule has 0 amide bonds. The van der Waals surface area contributed by atoms with E-state index in [1.54, 1.807) is 18.8 Å². The van der Waals surface area contributed by atoms with E-state index in [0.29, 0.717) is 13.1 Å². The second-order valence-electron chi connectivity index (χ2n) is 3.83. The summed E-state index contributed by atoms with van der Waals surface area (Å²) in [5, 5.41) is 2.92. The predicted molar refractivity (Wildman–Crippen MR) is 65.8 cm³/mol. The summed E-state index contributed by atoms with van der Waals surface area (Å²) in [6.45, 7) is 2.16. The SMILES string of the molecule is CSCCN(C)S(=O)(=O)C1CCCNC1. The van der Waals surface area contributed by atoms with Gasteiger partial charge in [0.15, 0.2) is 0 Å². The van der Waals surface area contributed by atoms with Gasteiger partial charge >= 0.3 is 0 Å². The van der Waals surface area contributed by atoms with Gasteiger partial charge in [0, 0.05) is 25.9 Å². The fourth-order valence-electron chi connectivity index (χ4n) is 1.68. The van der Waals surface area contributed by atoms with Crippen LogP contribution in [0.25, 0.3) is 0 Å². The molecule has 15 heavy (non-hydrogen) atoms. The smallest absolute Gasteiger partial charge is 0.218 e. The molecular weight excluding hydrogens is 232 g/mol. The van der Waals surface area contributed by atoms with Crippen LogP contribution in [0.15, 0.2) is 0 Å². The highest BCUT2D eigenvalue weighted by molar-refractivity contribution is 7.98. The molecule has 0 spiro atoms. The first-order valence-corrected chi connectivity index (χ1v) is 8.13. The quantitative estimate of drug-likeness (QED) is 0.768. The molecule has 90 valence electrons. The number of nitrogens with one attached hydrogen (secondary N) is 1. The zero-order chi connectivity index (χ0) is 11.3. The van der Waals surface area contributed by atoms with Crippen molar-refractivity contribution >= 4 is 21.8 Å². The van der Waals surface area contributed by atoms with Gasteiger partial charge in [-0.1, -0.05) is 0 Å². The molecule has 1 aliphatic rings. The van der Waals surface area contributed by atoms with E-state index < -0.39 is 10.0 Å². The normalized spacial score (nSPS) is 23.3. The highest BCUT2D eigenvalue weighted by Gasteiger charge is 2.30. The Morgan fingerprint density at radius 1 is 1.53 bits per heavy atom. The minimum absolute atomic E-state index is 0.224. The van der Waals surface area contributed by atoms with Crippen LogP contribution in [0, 0.1) is 0 Å². The van der Waals surface area contributed by atoms with Crippen LogP contribution in [0.1, 0.15) is 12.8 Å². The second kappa shape index (κ2) is 6.08. The van der Waals surface area contributed by atoms with Crippen molar-refractivity contribution in [1.29, 1.82) is 0 Å². The minimum atomic E-state index is -3.08. The van der Waals surface area contributed by atoms with Crippen LogP contribution in [0.3, 0.4) is 0 Å². The predicted octanol–water partition coefficient (Wildman–Crippen LogP) is 0.363. The summed E-state index contributed by atoms with van der Waals surface area (Å²) in [7, 11) is -1.40. The van der Waals surface area contributed by atoms with Gasteiger partial charge in [-0.2, -0.15) is 11.8 Å². The fourth-order valence-corrected chi connectivity index (χ4v) is 3.90. The van der Waals surface area contributed by atoms with Crippen molar-refractivity contribution in [2.24, 2.45) is 0 Å². The van der Waals surface area contributed by atoms with Crippen LogP contribution in [0.5, 0.6) is 0 Å². The first kappa shape index (κ1) is 13.3. The molecule has 4 nitrogen and oxygen atoms in total. The lowest BCUT2D eigenvalue weighted by atomic mass is 10.2. The van der Waals surface area contributed by atoms with Crippen LogP contribution < -0.4 is 5.32 Å². The first-order chi connectivity index (χ1) is 7.09. The molecule has 1 N–H and O–H groups in total. The molecule has 0 aromatic rings. The molecule has 1 heterocycles. The van der Waals surface area contributed by atoms with E-state index in [-0.39, 0.29) is 5.25 Å². The number of thioether (sulfide) groups is 1. The Morgan fingerprint density at radius 3 is 2.80 bits per heavy atom. The molecule has 0 saturated carbocycles. The molecule has 0 aliphatic carbocycles. The maximum Gasteiger partial charge on any atom is 0.218 e. The molecule has 0 aromatic carbocycles. The Labute approximate surface area is 96.8 Å². The van der Waals surface area contributed by atoms with Gasteiger partial charge in [-0.15, -0.1) is 0 Å². The number of nitrogens with zero attached hydrogens (tertiary/aromatic N) is 1. The summed E-state index contributed by atoms with van der Waals surface area (Å²) in [4.78, 5) is 0. The summed E-state index contributed by atoms with van der Waals surface area (Å²) >= 11 is 1.67. The van der Waals surface area contributed by atoms with E-state index in [1.807, 2.05) is 6.26 Å². The average molecular weight is 252 g/mol. The van der Waals surface area contributed by atoms with Crippen molar-refractivity contribution in [3.05, 3.63) is 0 Å². The highest BCUT2D eigenvalue weighted by atomic mass is 32.2. The van der Waals surface area contributed by atoms with E-state index in [1.165, 1.54) is 4.31 Å². The van der Waals surface area contributed by atoms with E-state index in [0.717, 1.165) is 25.1 Å². The van der Waals surface area contributed by atoms with Crippen LogP contribution in [0.4, 0.5) is 0 Å². The topological polar surface area (TPSA) is 49.4 Å². The van der Waals surface area contributed by atoms with Gasteiger partial charge in [0.1, 0.15) is 0 Å². The zero-order valence-electron chi connectivity index (χ0n) is 9.40. The van der Waals surface area contributed by atoms with Gasteiger partial charge in [-0.3, -0.25) is 0 Å². The number of hydrogen-bond acceptors (Lipinski definition) is 4. The van der Waals surface area contributed by atoms with Crippen LogP contribution in [-0.4, -0.2) is 56.7 Å². The largest absolute Gasteiger partial charge is 0.315 e. The summed E-state index contributed by atoms with van der Waals surface area (Å²) in [6, 6.07) is 0. The number of hydrogen-bond donors (Lipinski definition) is 1. The minimum Gasteiger partial charge on any atom is -0.315 e. The van der Waals surface area contributed by atoms with E-state index in [4.69, 9.17) is 0 Å². The van der Waals surface area contributed by atoms with Gasteiger partial charge in [-0.25, -0.2) is 12.7 Å². The third kappa shape index (κ3) is 3.62. The lowest BCUT2D eigenvalue weighted by molar-refractivity contribution is 0.443. The monoisotopic (exact) mass is 252 g/mol. The van der Waals surface area contributed by atoms with Crippen LogP contribution >= 0.6 is 11.8 Å². The van der Waals surface area contributed by atoms with Crippen LogP contribution in [0.2, 0.25) is 0 Å². The lowest BCUT2D eigenvalue weighted by Gasteiger charge is -2.27. The highest BCUT2D eigenvalue weighted by Crippen LogP contribution is 2.15. The number of rotatable bonds is 5. The molecule has 1 fully saturated rings. The van der Waals surface area contributed by atoms with E-state index in [9.17, 15) is 8.42 Å². The van der Waals surface area contributed by atoms with Crippen molar-refractivity contribution in [3.63, 3.8) is 0 Å². The molecule has 6 heteroatoms. The summed E-state index contributed by atoms with van der Waals surface area (Å²) in [5.74, 6) is 0.857. The Balaban J connectivity index is 2.55. The molecule has 0 radical (unpaired) electrons. The van der Waals surface area contributed by atoms with Crippen molar-refractivity contribution in [2.45, 2.75) is 18.1 Å². The molecule has 1 saturated heterocycles. The maximum atomic E-state index is 12.1. The van der Waals surface area contributed by atoms with Gasteiger partial charge in [0.05, 0.1) is 5.25 Å². The number of piperidine rings is 1. The van der Waals surface area contributed by atoms with Gasteiger partial charge < -0.3 is 5.32 Å². The second-order valence-corrected chi connectivity index (χ2v) is 7.13. The molecular formula is C9H20N2O2S2. The van der Waals surface area contributed by atoms with Gasteiger partial charge in [-0.05, 0) is 25.6 Å². The van der Waals surface area contributed by atoms with Gasteiger partial charge in [0.2, 0.25) is 10.0 Å². The van der Waals surface area contributed by atoms with Crippen molar-refractivity contribution in [1.82, 2.24) is 9.62 Å². The maximum absolute atomic E-state index is 12.1. The number of sulfonamides is 1. The van der Waals surface area contributed by atoms with Crippen LogP contribution in [-0.2, 0) is 10.0 Å². The lowest BCUT2D eigenvalue weighted by Crippen LogP contribution is -2.45. The third-order valence-electron chi connectivity index (χ3n) is 2.72. The standard InChI is InChI=1S/C9H20N2O2S2/c1-11(6-7-14-2)15(12,13)9-4-3-5-10-8-9/h9-10H,3-8H2,1-2H3.